The summed E-state index contributed by atoms with van der Waals surface area (Å²) in [6.07, 6.45) is 8.37. The van der Waals surface area contributed by atoms with Crippen molar-refractivity contribution in [3.05, 3.63) is 99.0 Å². The summed E-state index contributed by atoms with van der Waals surface area (Å²) in [5.41, 5.74) is 7.69. The molecule has 11 heteroatoms. The third kappa shape index (κ3) is 4.82. The number of aryl methyl sites for hydroxylation is 5. The summed E-state index contributed by atoms with van der Waals surface area (Å²) in [4.78, 5) is 45.1. The average molecular weight is 618 g/mol. The van der Waals surface area contributed by atoms with Crippen LogP contribution in [0.3, 0.4) is 0 Å². The highest BCUT2D eigenvalue weighted by Crippen LogP contribution is 2.49. The molecule has 0 aromatic carbocycles. The average Bonchev–Trinajstić information content (AvgIpc) is 3.88. The van der Waals surface area contributed by atoms with Crippen LogP contribution in [0.15, 0.2) is 53.2 Å². The molecule has 0 radical (unpaired) electrons. The number of hydrogen-bond donors (Lipinski definition) is 1. The van der Waals surface area contributed by atoms with Gasteiger partial charge in [0.1, 0.15) is 0 Å². The van der Waals surface area contributed by atoms with Crippen molar-refractivity contribution in [1.29, 1.82) is 0 Å². The van der Waals surface area contributed by atoms with E-state index in [1.54, 1.807) is 13.1 Å². The van der Waals surface area contributed by atoms with Crippen molar-refractivity contribution in [3.8, 4) is 21.9 Å². The first-order valence-electron chi connectivity index (χ1n) is 15.4. The minimum absolute atomic E-state index is 0.0336. The van der Waals surface area contributed by atoms with E-state index < -0.39 is 0 Å². The van der Waals surface area contributed by atoms with Gasteiger partial charge in [-0.2, -0.15) is 0 Å². The Balaban J connectivity index is 1.23. The second kappa shape index (κ2) is 11.0. The van der Waals surface area contributed by atoms with Crippen LogP contribution >= 0.6 is 11.3 Å². The van der Waals surface area contributed by atoms with Crippen LogP contribution in [0.5, 0.6) is 0 Å². The van der Waals surface area contributed by atoms with E-state index in [4.69, 9.17) is 9.40 Å². The third-order valence-electron chi connectivity index (χ3n) is 9.03. The predicted octanol–water partition coefficient (Wildman–Crippen LogP) is 5.76. The Morgan fingerprint density at radius 3 is 2.78 bits per heavy atom. The van der Waals surface area contributed by atoms with Gasteiger partial charge < -0.3 is 14.6 Å². The Morgan fingerprint density at radius 2 is 1.96 bits per heavy atom. The Morgan fingerprint density at radius 1 is 1.04 bits per heavy atom. The smallest absolute Gasteiger partial charge is 0.261 e. The van der Waals surface area contributed by atoms with Gasteiger partial charge in [-0.05, 0) is 80.8 Å². The number of hydrogen-bond acceptors (Lipinski definition) is 9. The monoisotopic (exact) mass is 617 g/mol. The number of rotatable bonds is 7. The number of nitrogens with one attached hydrogen (secondary N) is 1. The largest absolute Gasteiger partial charge is 0.421 e. The molecule has 2 atom stereocenters. The standard InChI is InChI=1S/C34H31N7O3S/c1-18-7-8-20(36-17-18)9-10-24-28(33-40-39-19(2)44-33)29(30-31(37-24)25-6-4-16-41(25)34(30)43)26-13-14-27(45-26)32(42)38-23-12-11-22-21(23)5-3-15-35-22/h3,5,7-8,13-15,17,23,25H,4,6,9-12,16H2,1-2H3,(H,38,42)/t23-,25+/m1/s1. The predicted molar refractivity (Wildman–Crippen MR) is 168 cm³/mol. The number of thiophene rings is 1. The van der Waals surface area contributed by atoms with Gasteiger partial charge in [0, 0.05) is 47.7 Å². The molecule has 2 aliphatic heterocycles. The van der Waals surface area contributed by atoms with Gasteiger partial charge in [0.25, 0.3) is 11.8 Å². The van der Waals surface area contributed by atoms with E-state index in [0.29, 0.717) is 47.2 Å². The van der Waals surface area contributed by atoms with Gasteiger partial charge in [0.2, 0.25) is 11.8 Å². The topological polar surface area (TPSA) is 127 Å². The molecule has 0 spiro atoms. The van der Waals surface area contributed by atoms with E-state index in [1.807, 2.05) is 48.4 Å². The molecule has 5 aromatic heterocycles. The van der Waals surface area contributed by atoms with Crippen molar-refractivity contribution in [2.45, 2.75) is 64.5 Å². The molecule has 8 rings (SSSR count). The maximum atomic E-state index is 14.0. The van der Waals surface area contributed by atoms with Crippen LogP contribution in [0, 0.1) is 13.8 Å². The molecule has 3 aliphatic rings. The highest BCUT2D eigenvalue weighted by Gasteiger charge is 2.45. The molecular formula is C34H31N7O3S. The zero-order chi connectivity index (χ0) is 30.7. The summed E-state index contributed by atoms with van der Waals surface area (Å²) in [5, 5.41) is 11.7. The van der Waals surface area contributed by atoms with Gasteiger partial charge in [-0.3, -0.25) is 24.5 Å². The summed E-state index contributed by atoms with van der Waals surface area (Å²) in [6.45, 7) is 4.47. The van der Waals surface area contributed by atoms with E-state index in [1.165, 1.54) is 11.3 Å². The molecule has 0 saturated carbocycles. The Labute approximate surface area is 264 Å². The van der Waals surface area contributed by atoms with Gasteiger partial charge >= 0.3 is 0 Å². The third-order valence-corrected chi connectivity index (χ3v) is 10.1. The van der Waals surface area contributed by atoms with Crippen LogP contribution < -0.4 is 5.32 Å². The summed E-state index contributed by atoms with van der Waals surface area (Å²) in [5.74, 6) is 0.561. The molecule has 1 N–H and O–H groups in total. The van der Waals surface area contributed by atoms with E-state index in [0.717, 1.165) is 70.0 Å². The SMILES string of the molecule is Cc1ccc(CCc2nc3c(c(-c4ccc(C(=O)N[C@@H]5CCc6ncccc65)s4)c2-c2nnc(C)o2)C(=O)N2CCC[C@@H]32)nc1. The molecule has 5 aromatic rings. The van der Waals surface area contributed by atoms with E-state index in [-0.39, 0.29) is 23.9 Å². The first-order valence-corrected chi connectivity index (χ1v) is 16.2. The van der Waals surface area contributed by atoms with E-state index >= 15 is 0 Å². The van der Waals surface area contributed by atoms with Gasteiger partial charge in [0.15, 0.2) is 0 Å². The number of nitrogens with zero attached hydrogens (tertiary/aromatic N) is 6. The van der Waals surface area contributed by atoms with Gasteiger partial charge in [-0.25, -0.2) is 0 Å². The molecule has 0 unspecified atom stereocenters. The van der Waals surface area contributed by atoms with Crippen molar-refractivity contribution in [1.82, 2.24) is 35.4 Å². The lowest BCUT2D eigenvalue weighted by molar-refractivity contribution is 0.0776. The molecule has 1 saturated heterocycles. The molecule has 7 heterocycles. The summed E-state index contributed by atoms with van der Waals surface area (Å²) >= 11 is 1.37. The maximum absolute atomic E-state index is 14.0. The van der Waals surface area contributed by atoms with Crippen LogP contribution in [0.1, 0.15) is 91.2 Å². The molecule has 0 bridgehead atoms. The molecule has 45 heavy (non-hydrogen) atoms. The molecule has 1 fully saturated rings. The number of carbonyl (C=O) groups is 2. The quantitative estimate of drug-likeness (QED) is 0.244. The number of amides is 2. The highest BCUT2D eigenvalue weighted by molar-refractivity contribution is 7.17. The molecular weight excluding hydrogens is 586 g/mol. The van der Waals surface area contributed by atoms with Crippen molar-refractivity contribution >= 4 is 23.2 Å². The van der Waals surface area contributed by atoms with Crippen LogP contribution in [0.2, 0.25) is 0 Å². The van der Waals surface area contributed by atoms with E-state index in [2.05, 4.69) is 31.5 Å². The van der Waals surface area contributed by atoms with Crippen molar-refractivity contribution in [2.24, 2.45) is 0 Å². The Kier molecular flexibility index (Phi) is 6.78. The number of aromatic nitrogens is 5. The lowest BCUT2D eigenvalue weighted by Crippen LogP contribution is -2.26. The first kappa shape index (κ1) is 27.8. The highest BCUT2D eigenvalue weighted by atomic mass is 32.1. The second-order valence-corrected chi connectivity index (χ2v) is 13.0. The van der Waals surface area contributed by atoms with E-state index in [9.17, 15) is 9.59 Å². The van der Waals surface area contributed by atoms with Gasteiger partial charge in [0.05, 0.1) is 39.5 Å². The summed E-state index contributed by atoms with van der Waals surface area (Å²) in [7, 11) is 0. The van der Waals surface area contributed by atoms with Gasteiger partial charge in [-0.1, -0.05) is 12.1 Å². The lowest BCUT2D eigenvalue weighted by Gasteiger charge is -2.16. The van der Waals surface area contributed by atoms with Crippen molar-refractivity contribution < 1.29 is 14.0 Å². The van der Waals surface area contributed by atoms with Crippen LogP contribution in [-0.2, 0) is 19.3 Å². The minimum atomic E-state index is -0.147. The number of fused-ring (bicyclic) bond motifs is 4. The number of pyridine rings is 3. The van der Waals surface area contributed by atoms with Crippen molar-refractivity contribution in [3.63, 3.8) is 0 Å². The molecule has 10 nitrogen and oxygen atoms in total. The Bertz CT molecular complexity index is 1960. The normalized spacial score (nSPS) is 18.3. The second-order valence-electron chi connectivity index (χ2n) is 11.9. The maximum Gasteiger partial charge on any atom is 0.261 e. The zero-order valence-corrected chi connectivity index (χ0v) is 25.9. The van der Waals surface area contributed by atoms with Crippen molar-refractivity contribution in [2.75, 3.05) is 6.54 Å². The fourth-order valence-electron chi connectivity index (χ4n) is 6.88. The lowest BCUT2D eigenvalue weighted by atomic mass is 9.93. The molecule has 2 amide bonds. The summed E-state index contributed by atoms with van der Waals surface area (Å²) in [6, 6.07) is 11.7. The molecule has 1 aliphatic carbocycles. The van der Waals surface area contributed by atoms with Crippen LogP contribution in [-0.4, -0.2) is 48.4 Å². The Hall–Kier alpha value is -4.77. The first-order chi connectivity index (χ1) is 21.9. The van der Waals surface area contributed by atoms with Crippen LogP contribution in [0.25, 0.3) is 21.9 Å². The van der Waals surface area contributed by atoms with Gasteiger partial charge in [-0.15, -0.1) is 21.5 Å². The fraction of sp³-hybridized carbons (Fsp3) is 0.324. The number of carbonyl (C=O) groups excluding carboxylic acids is 2. The molecule has 226 valence electrons. The zero-order valence-electron chi connectivity index (χ0n) is 25.0. The summed E-state index contributed by atoms with van der Waals surface area (Å²) < 4.78 is 6.02. The fourth-order valence-corrected chi connectivity index (χ4v) is 7.85. The van der Waals surface area contributed by atoms with Crippen LogP contribution in [0.4, 0.5) is 0 Å². The minimum Gasteiger partial charge on any atom is -0.421 e.